The smallest absolute Gasteiger partial charge is 0.124 e. The molecule has 0 radical (unpaired) electrons. The fourth-order valence-electron chi connectivity index (χ4n) is 1.70. The molecule has 1 aromatic rings. The van der Waals surface area contributed by atoms with E-state index in [1.807, 2.05) is 0 Å². The molecule has 0 aliphatic heterocycles. The van der Waals surface area contributed by atoms with Crippen LogP contribution in [-0.4, -0.2) is 11.2 Å². The lowest BCUT2D eigenvalue weighted by molar-refractivity contribution is 0.122. The van der Waals surface area contributed by atoms with Crippen LogP contribution >= 0.6 is 15.9 Å². The van der Waals surface area contributed by atoms with Crippen LogP contribution in [0.2, 0.25) is 0 Å². The topological polar surface area (TPSA) is 46.2 Å². The highest BCUT2D eigenvalue weighted by Gasteiger charge is 2.34. The lowest BCUT2D eigenvalue weighted by Crippen LogP contribution is -2.27. The monoisotopic (exact) mass is 273 g/mol. The van der Waals surface area contributed by atoms with Crippen LogP contribution in [-0.2, 0) is 0 Å². The van der Waals surface area contributed by atoms with Gasteiger partial charge in [0.15, 0.2) is 0 Å². The van der Waals surface area contributed by atoms with Gasteiger partial charge >= 0.3 is 0 Å². The van der Waals surface area contributed by atoms with E-state index in [-0.39, 0.29) is 5.82 Å². The molecule has 0 spiro atoms. The van der Waals surface area contributed by atoms with Gasteiger partial charge < -0.3 is 10.8 Å². The molecule has 0 amide bonds. The van der Waals surface area contributed by atoms with Gasteiger partial charge in [0.05, 0.1) is 12.1 Å². The second-order valence-electron chi connectivity index (χ2n) is 4.06. The van der Waals surface area contributed by atoms with Gasteiger partial charge in [-0.1, -0.05) is 15.9 Å². The van der Waals surface area contributed by atoms with Gasteiger partial charge in [-0.3, -0.25) is 0 Å². The minimum Gasteiger partial charge on any atom is -0.391 e. The first-order valence-corrected chi connectivity index (χ1v) is 5.77. The molecule has 1 fully saturated rings. The summed E-state index contributed by atoms with van der Waals surface area (Å²) in [5.74, 6) is -0.0418. The first-order chi connectivity index (χ1) is 7.08. The SMILES string of the molecule is N[C@H](c1cc(F)cc(Br)c1)[C@@H](O)C1CC1. The summed E-state index contributed by atoms with van der Waals surface area (Å²) in [7, 11) is 0. The molecule has 0 aromatic heterocycles. The second kappa shape index (κ2) is 4.20. The summed E-state index contributed by atoms with van der Waals surface area (Å²) >= 11 is 3.21. The van der Waals surface area contributed by atoms with Crippen molar-refractivity contribution in [3.05, 3.63) is 34.1 Å². The fourth-order valence-corrected chi connectivity index (χ4v) is 2.18. The summed E-state index contributed by atoms with van der Waals surface area (Å²) in [6.45, 7) is 0. The van der Waals surface area contributed by atoms with Crippen molar-refractivity contribution in [2.24, 2.45) is 11.7 Å². The molecular formula is C11H13BrFNO. The molecule has 2 atom stereocenters. The maximum Gasteiger partial charge on any atom is 0.124 e. The molecule has 2 nitrogen and oxygen atoms in total. The van der Waals surface area contributed by atoms with Crippen molar-refractivity contribution < 1.29 is 9.50 Å². The van der Waals surface area contributed by atoms with Crippen LogP contribution in [0.5, 0.6) is 0 Å². The lowest BCUT2D eigenvalue weighted by Gasteiger charge is -2.19. The number of halogens is 2. The Kier molecular flexibility index (Phi) is 3.09. The Morgan fingerprint density at radius 1 is 1.40 bits per heavy atom. The van der Waals surface area contributed by atoms with E-state index in [2.05, 4.69) is 15.9 Å². The average molecular weight is 274 g/mol. The minimum atomic E-state index is -0.557. The molecule has 0 heterocycles. The van der Waals surface area contributed by atoms with Crippen molar-refractivity contribution in [3.8, 4) is 0 Å². The van der Waals surface area contributed by atoms with Crippen molar-refractivity contribution >= 4 is 15.9 Å². The third-order valence-corrected chi connectivity index (χ3v) is 3.20. The molecule has 0 saturated heterocycles. The molecular weight excluding hydrogens is 261 g/mol. The number of benzene rings is 1. The predicted molar refractivity (Wildman–Crippen MR) is 59.8 cm³/mol. The Hall–Kier alpha value is -0.450. The van der Waals surface area contributed by atoms with Gasteiger partial charge in [0, 0.05) is 4.47 Å². The molecule has 1 aliphatic carbocycles. The molecule has 2 rings (SSSR count). The molecule has 0 unspecified atom stereocenters. The lowest BCUT2D eigenvalue weighted by atomic mass is 9.99. The average Bonchev–Trinajstić information content (AvgIpc) is 2.97. The van der Waals surface area contributed by atoms with Gasteiger partial charge in [0.1, 0.15) is 5.82 Å². The third kappa shape index (κ3) is 2.56. The van der Waals surface area contributed by atoms with Crippen LogP contribution in [0.25, 0.3) is 0 Å². The van der Waals surface area contributed by atoms with Gasteiger partial charge in [0.2, 0.25) is 0 Å². The van der Waals surface area contributed by atoms with Crippen molar-refractivity contribution in [1.82, 2.24) is 0 Å². The summed E-state index contributed by atoms with van der Waals surface area (Å²) in [5, 5.41) is 9.83. The van der Waals surface area contributed by atoms with Gasteiger partial charge in [-0.05, 0) is 42.5 Å². The quantitative estimate of drug-likeness (QED) is 0.888. The van der Waals surface area contributed by atoms with Gasteiger partial charge in [-0.25, -0.2) is 4.39 Å². The summed E-state index contributed by atoms with van der Waals surface area (Å²) in [6, 6.07) is 4.00. The van der Waals surface area contributed by atoms with Gasteiger partial charge in [0.25, 0.3) is 0 Å². The van der Waals surface area contributed by atoms with E-state index in [1.54, 1.807) is 6.07 Å². The van der Waals surface area contributed by atoms with Crippen LogP contribution in [0.15, 0.2) is 22.7 Å². The maximum absolute atomic E-state index is 13.1. The highest BCUT2D eigenvalue weighted by Crippen LogP contribution is 2.37. The number of hydrogen-bond donors (Lipinski definition) is 2. The molecule has 1 aromatic carbocycles. The van der Waals surface area contributed by atoms with Crippen molar-refractivity contribution in [2.75, 3.05) is 0 Å². The molecule has 0 bridgehead atoms. The Balaban J connectivity index is 2.19. The number of aliphatic hydroxyl groups excluding tert-OH is 1. The fraction of sp³-hybridized carbons (Fsp3) is 0.455. The Labute approximate surface area is 96.4 Å². The zero-order valence-corrected chi connectivity index (χ0v) is 9.74. The Morgan fingerprint density at radius 2 is 2.07 bits per heavy atom. The number of aliphatic hydroxyl groups is 1. The Bertz CT molecular complexity index is 347. The molecule has 4 heteroatoms. The van der Waals surface area contributed by atoms with Crippen LogP contribution in [0.1, 0.15) is 24.4 Å². The first-order valence-electron chi connectivity index (χ1n) is 4.97. The van der Waals surface area contributed by atoms with E-state index in [9.17, 15) is 9.50 Å². The van der Waals surface area contributed by atoms with Gasteiger partial charge in [-0.2, -0.15) is 0 Å². The first kappa shape index (κ1) is 11.0. The van der Waals surface area contributed by atoms with E-state index in [1.165, 1.54) is 12.1 Å². The van der Waals surface area contributed by atoms with E-state index >= 15 is 0 Å². The van der Waals surface area contributed by atoms with Crippen molar-refractivity contribution in [2.45, 2.75) is 25.0 Å². The zero-order valence-electron chi connectivity index (χ0n) is 8.16. The largest absolute Gasteiger partial charge is 0.391 e. The number of nitrogens with two attached hydrogens (primary N) is 1. The summed E-state index contributed by atoms with van der Waals surface area (Å²) in [5.41, 5.74) is 6.52. The Morgan fingerprint density at radius 3 is 2.60 bits per heavy atom. The summed E-state index contributed by atoms with van der Waals surface area (Å²) < 4.78 is 13.8. The predicted octanol–water partition coefficient (Wildman–Crippen LogP) is 2.36. The highest BCUT2D eigenvalue weighted by molar-refractivity contribution is 9.10. The molecule has 82 valence electrons. The summed E-state index contributed by atoms with van der Waals surface area (Å²) in [4.78, 5) is 0. The van der Waals surface area contributed by atoms with E-state index < -0.39 is 12.1 Å². The van der Waals surface area contributed by atoms with Crippen LogP contribution in [0, 0.1) is 11.7 Å². The van der Waals surface area contributed by atoms with Crippen molar-refractivity contribution in [1.29, 1.82) is 0 Å². The normalized spacial score (nSPS) is 20.0. The minimum absolute atomic E-state index is 0.294. The third-order valence-electron chi connectivity index (χ3n) is 2.74. The van der Waals surface area contributed by atoms with Crippen LogP contribution in [0.4, 0.5) is 4.39 Å². The van der Waals surface area contributed by atoms with Crippen molar-refractivity contribution in [3.63, 3.8) is 0 Å². The van der Waals surface area contributed by atoms with Crippen LogP contribution < -0.4 is 5.73 Å². The zero-order chi connectivity index (χ0) is 11.0. The molecule has 1 aliphatic rings. The molecule has 15 heavy (non-hydrogen) atoms. The molecule has 1 saturated carbocycles. The van der Waals surface area contributed by atoms with Crippen LogP contribution in [0.3, 0.4) is 0 Å². The van der Waals surface area contributed by atoms with E-state index in [0.717, 1.165) is 12.8 Å². The van der Waals surface area contributed by atoms with E-state index in [4.69, 9.17) is 5.73 Å². The highest BCUT2D eigenvalue weighted by atomic mass is 79.9. The van der Waals surface area contributed by atoms with Gasteiger partial charge in [-0.15, -0.1) is 0 Å². The second-order valence-corrected chi connectivity index (χ2v) is 4.97. The standard InChI is InChI=1S/C11H13BrFNO/c12-8-3-7(4-9(13)5-8)10(14)11(15)6-1-2-6/h3-6,10-11,15H,1-2,14H2/t10-,11+/m1/s1. The molecule has 3 N–H and O–H groups in total. The maximum atomic E-state index is 13.1. The number of hydrogen-bond acceptors (Lipinski definition) is 2. The number of rotatable bonds is 3. The summed E-state index contributed by atoms with van der Waals surface area (Å²) in [6.07, 6.45) is 1.48. The van der Waals surface area contributed by atoms with E-state index in [0.29, 0.717) is 16.0 Å².